The standard InChI is InChI=1S/C17H16N2O2/c18-11-12-8-9-15(14-6-2-1-5-13(12)14)19-10-4-3-7-16(19)17(20)21/h1-2,5-6,8-9,16H,3-4,7,10H2,(H,20,21). The van der Waals surface area contributed by atoms with Gasteiger partial charge in [0.1, 0.15) is 6.04 Å². The minimum Gasteiger partial charge on any atom is -0.480 e. The molecule has 2 aromatic carbocycles. The quantitative estimate of drug-likeness (QED) is 0.917. The predicted molar refractivity (Wildman–Crippen MR) is 81.3 cm³/mol. The minimum absolute atomic E-state index is 0.477. The van der Waals surface area contributed by atoms with Crippen molar-refractivity contribution in [1.82, 2.24) is 0 Å². The van der Waals surface area contributed by atoms with Crippen molar-refractivity contribution in [2.45, 2.75) is 25.3 Å². The highest BCUT2D eigenvalue weighted by Crippen LogP contribution is 2.33. The monoisotopic (exact) mass is 280 g/mol. The number of fused-ring (bicyclic) bond motifs is 1. The Hall–Kier alpha value is -2.54. The van der Waals surface area contributed by atoms with Crippen LogP contribution in [0.1, 0.15) is 24.8 Å². The highest BCUT2D eigenvalue weighted by atomic mass is 16.4. The lowest BCUT2D eigenvalue weighted by Crippen LogP contribution is -2.44. The molecule has 0 spiro atoms. The normalized spacial score (nSPS) is 18.4. The zero-order valence-electron chi connectivity index (χ0n) is 11.6. The van der Waals surface area contributed by atoms with Crippen molar-refractivity contribution in [2.75, 3.05) is 11.4 Å². The highest BCUT2D eigenvalue weighted by molar-refractivity contribution is 5.99. The van der Waals surface area contributed by atoms with Crippen LogP contribution in [0.3, 0.4) is 0 Å². The van der Waals surface area contributed by atoms with Crippen molar-refractivity contribution in [1.29, 1.82) is 5.26 Å². The average Bonchev–Trinajstić information content (AvgIpc) is 2.53. The lowest BCUT2D eigenvalue weighted by atomic mass is 9.97. The van der Waals surface area contributed by atoms with Crippen LogP contribution in [0.2, 0.25) is 0 Å². The third-order valence-corrected chi connectivity index (χ3v) is 4.12. The number of carbonyl (C=O) groups is 1. The molecule has 0 saturated carbocycles. The van der Waals surface area contributed by atoms with E-state index < -0.39 is 12.0 Å². The Morgan fingerprint density at radius 3 is 2.67 bits per heavy atom. The average molecular weight is 280 g/mol. The summed E-state index contributed by atoms with van der Waals surface area (Å²) in [4.78, 5) is 13.5. The third kappa shape index (κ3) is 2.31. The van der Waals surface area contributed by atoms with Gasteiger partial charge in [0.25, 0.3) is 0 Å². The zero-order chi connectivity index (χ0) is 14.8. The fourth-order valence-electron chi connectivity index (χ4n) is 3.11. The van der Waals surface area contributed by atoms with Crippen LogP contribution in [0.25, 0.3) is 10.8 Å². The maximum Gasteiger partial charge on any atom is 0.326 e. The Morgan fingerprint density at radius 1 is 1.19 bits per heavy atom. The number of hydrogen-bond donors (Lipinski definition) is 1. The first-order valence-corrected chi connectivity index (χ1v) is 7.13. The van der Waals surface area contributed by atoms with Crippen molar-refractivity contribution >= 4 is 22.4 Å². The van der Waals surface area contributed by atoms with Gasteiger partial charge in [-0.3, -0.25) is 0 Å². The van der Waals surface area contributed by atoms with Crippen LogP contribution in [0.4, 0.5) is 5.69 Å². The fourth-order valence-corrected chi connectivity index (χ4v) is 3.11. The Kier molecular flexibility index (Phi) is 3.49. The van der Waals surface area contributed by atoms with Gasteiger partial charge in [0.15, 0.2) is 0 Å². The Labute approximate surface area is 123 Å². The molecule has 0 aromatic heterocycles. The summed E-state index contributed by atoms with van der Waals surface area (Å²) in [5.41, 5.74) is 1.54. The van der Waals surface area contributed by atoms with Crippen molar-refractivity contribution in [3.63, 3.8) is 0 Å². The maximum absolute atomic E-state index is 11.5. The number of piperidine rings is 1. The van der Waals surface area contributed by atoms with Gasteiger partial charge < -0.3 is 10.0 Å². The number of nitrogens with zero attached hydrogens (tertiary/aromatic N) is 2. The van der Waals surface area contributed by atoms with Crippen LogP contribution >= 0.6 is 0 Å². The Bertz CT molecular complexity index is 733. The molecule has 1 saturated heterocycles. The summed E-state index contributed by atoms with van der Waals surface area (Å²) in [6.07, 6.45) is 2.61. The lowest BCUT2D eigenvalue weighted by molar-refractivity contribution is -0.139. The van der Waals surface area contributed by atoms with Gasteiger partial charge in [-0.15, -0.1) is 0 Å². The summed E-state index contributed by atoms with van der Waals surface area (Å²) in [6, 6.07) is 13.1. The first kappa shape index (κ1) is 13.4. The van der Waals surface area contributed by atoms with E-state index in [-0.39, 0.29) is 0 Å². The van der Waals surface area contributed by atoms with Gasteiger partial charge in [0, 0.05) is 23.0 Å². The van der Waals surface area contributed by atoms with E-state index in [2.05, 4.69) is 6.07 Å². The number of hydrogen-bond acceptors (Lipinski definition) is 3. The summed E-state index contributed by atoms with van der Waals surface area (Å²) in [7, 11) is 0. The van der Waals surface area contributed by atoms with Crippen LogP contribution in [-0.2, 0) is 4.79 Å². The number of rotatable bonds is 2. The summed E-state index contributed by atoms with van der Waals surface area (Å²) in [6.45, 7) is 0.743. The predicted octanol–water partition coefficient (Wildman–Crippen LogP) is 3.15. The van der Waals surface area contributed by atoms with Gasteiger partial charge in [-0.05, 0) is 31.4 Å². The molecule has 3 rings (SSSR count). The summed E-state index contributed by atoms with van der Waals surface area (Å²) >= 11 is 0. The molecule has 0 radical (unpaired) electrons. The molecule has 4 heteroatoms. The van der Waals surface area contributed by atoms with E-state index in [1.807, 2.05) is 35.2 Å². The zero-order valence-corrected chi connectivity index (χ0v) is 11.6. The second kappa shape index (κ2) is 5.45. The van der Waals surface area contributed by atoms with E-state index in [0.717, 1.165) is 35.8 Å². The number of nitriles is 1. The van der Waals surface area contributed by atoms with Gasteiger partial charge in [-0.1, -0.05) is 24.3 Å². The maximum atomic E-state index is 11.5. The minimum atomic E-state index is -0.775. The number of carboxylic acids is 1. The molecule has 1 aliphatic rings. The molecule has 2 aromatic rings. The topological polar surface area (TPSA) is 64.3 Å². The molecular weight excluding hydrogens is 264 g/mol. The van der Waals surface area contributed by atoms with Crippen LogP contribution in [0.5, 0.6) is 0 Å². The molecule has 4 nitrogen and oxygen atoms in total. The molecule has 1 N–H and O–H groups in total. The van der Waals surface area contributed by atoms with Crippen LogP contribution < -0.4 is 4.90 Å². The second-order valence-corrected chi connectivity index (χ2v) is 5.33. The molecule has 1 aliphatic heterocycles. The smallest absolute Gasteiger partial charge is 0.326 e. The summed E-state index contributed by atoms with van der Waals surface area (Å²) in [5, 5.41) is 20.5. The molecule has 0 amide bonds. The second-order valence-electron chi connectivity index (χ2n) is 5.33. The molecular formula is C17H16N2O2. The number of anilines is 1. The molecule has 1 heterocycles. The number of aliphatic carboxylic acids is 1. The van der Waals surface area contributed by atoms with Gasteiger partial charge in [-0.2, -0.15) is 5.26 Å². The summed E-state index contributed by atoms with van der Waals surface area (Å²) in [5.74, 6) is -0.775. The van der Waals surface area contributed by atoms with Crippen LogP contribution in [-0.4, -0.2) is 23.7 Å². The largest absolute Gasteiger partial charge is 0.480 e. The van der Waals surface area contributed by atoms with Crippen molar-refractivity contribution in [2.24, 2.45) is 0 Å². The van der Waals surface area contributed by atoms with Crippen molar-refractivity contribution in [3.05, 3.63) is 42.0 Å². The van der Waals surface area contributed by atoms with Gasteiger partial charge >= 0.3 is 5.97 Å². The fraction of sp³-hybridized carbons (Fsp3) is 0.294. The number of carboxylic acid groups (broad SMARTS) is 1. The Morgan fingerprint density at radius 2 is 1.95 bits per heavy atom. The van der Waals surface area contributed by atoms with Gasteiger partial charge in [-0.25, -0.2) is 4.79 Å². The third-order valence-electron chi connectivity index (χ3n) is 4.12. The molecule has 1 unspecified atom stereocenters. The SMILES string of the molecule is N#Cc1ccc(N2CCCCC2C(=O)O)c2ccccc12. The number of benzene rings is 2. The van der Waals surface area contributed by atoms with E-state index in [1.54, 1.807) is 6.07 Å². The van der Waals surface area contributed by atoms with Gasteiger partial charge in [0.2, 0.25) is 0 Å². The summed E-state index contributed by atoms with van der Waals surface area (Å²) < 4.78 is 0. The van der Waals surface area contributed by atoms with Gasteiger partial charge in [0.05, 0.1) is 11.6 Å². The van der Waals surface area contributed by atoms with E-state index in [1.165, 1.54) is 0 Å². The molecule has 1 atom stereocenters. The van der Waals surface area contributed by atoms with E-state index in [9.17, 15) is 15.2 Å². The van der Waals surface area contributed by atoms with Crippen molar-refractivity contribution in [3.8, 4) is 6.07 Å². The van der Waals surface area contributed by atoms with E-state index >= 15 is 0 Å². The molecule has 0 bridgehead atoms. The Balaban J connectivity index is 2.16. The van der Waals surface area contributed by atoms with Crippen LogP contribution in [0.15, 0.2) is 36.4 Å². The first-order chi connectivity index (χ1) is 10.2. The van der Waals surface area contributed by atoms with E-state index in [0.29, 0.717) is 12.0 Å². The lowest BCUT2D eigenvalue weighted by Gasteiger charge is -2.35. The molecule has 21 heavy (non-hydrogen) atoms. The van der Waals surface area contributed by atoms with Crippen molar-refractivity contribution < 1.29 is 9.90 Å². The molecule has 106 valence electrons. The molecule has 0 aliphatic carbocycles. The molecule has 1 fully saturated rings. The van der Waals surface area contributed by atoms with Crippen LogP contribution in [0, 0.1) is 11.3 Å². The first-order valence-electron chi connectivity index (χ1n) is 7.13. The van der Waals surface area contributed by atoms with E-state index in [4.69, 9.17) is 0 Å². The highest BCUT2D eigenvalue weighted by Gasteiger charge is 2.29.